The summed E-state index contributed by atoms with van der Waals surface area (Å²) in [7, 11) is 0. The highest BCUT2D eigenvalue weighted by Crippen LogP contribution is 2.29. The van der Waals surface area contributed by atoms with Crippen LogP contribution in [-0.4, -0.2) is 41.1 Å². The Morgan fingerprint density at radius 3 is 2.26 bits per heavy atom. The molecule has 2 aliphatic heterocycles. The minimum Gasteiger partial charge on any atom is -0.286 e. The van der Waals surface area contributed by atoms with Crippen LogP contribution in [-0.2, 0) is 13.0 Å². The molecule has 0 N–H and O–H groups in total. The number of nitrogens with zero attached hydrogens (tertiary/aromatic N) is 3. The van der Waals surface area contributed by atoms with Crippen LogP contribution in [0.1, 0.15) is 81.5 Å². The molecule has 2 heterocycles. The second-order valence-corrected chi connectivity index (χ2v) is 10.4. The first-order valence-electron chi connectivity index (χ1n) is 13.5. The van der Waals surface area contributed by atoms with Crippen molar-refractivity contribution in [3.05, 3.63) is 82.1 Å². The molecule has 0 spiro atoms. The quantitative estimate of drug-likeness (QED) is 0.333. The van der Waals surface area contributed by atoms with Crippen molar-refractivity contribution in [1.82, 2.24) is 9.80 Å². The molecule has 35 heavy (non-hydrogen) atoms. The summed E-state index contributed by atoms with van der Waals surface area (Å²) in [6, 6.07) is 17.8. The molecule has 2 aliphatic rings. The zero-order valence-corrected chi connectivity index (χ0v) is 22.1. The molecular weight excluding hydrogens is 433 g/mol. The molecule has 2 aromatic carbocycles. The molecule has 0 saturated carbocycles. The third-order valence-electron chi connectivity index (χ3n) is 7.81. The molecule has 0 unspecified atom stereocenters. The van der Waals surface area contributed by atoms with Crippen LogP contribution < -0.4 is 0 Å². The fraction of sp³-hybridized carbons (Fsp3) is 0.516. The molecule has 0 aromatic heterocycles. The van der Waals surface area contributed by atoms with Crippen molar-refractivity contribution in [3.8, 4) is 0 Å². The molecule has 0 bridgehead atoms. The van der Waals surface area contributed by atoms with Gasteiger partial charge < -0.3 is 0 Å². The van der Waals surface area contributed by atoms with Gasteiger partial charge in [-0.15, -0.1) is 0 Å². The summed E-state index contributed by atoms with van der Waals surface area (Å²) in [5.74, 6) is -1.17. The molecule has 4 heteroatoms. The average molecular weight is 476 g/mol. The summed E-state index contributed by atoms with van der Waals surface area (Å²) in [4.78, 5) is 9.40. The Kier molecular flexibility index (Phi) is 8.56. The maximum Gasteiger partial charge on any atom is 0.164 e. The normalized spacial score (nSPS) is 17.8. The Morgan fingerprint density at radius 1 is 0.886 bits per heavy atom. The van der Waals surface area contributed by atoms with Crippen molar-refractivity contribution in [3.63, 3.8) is 0 Å². The third kappa shape index (κ3) is 6.48. The smallest absolute Gasteiger partial charge is 0.164 e. The van der Waals surface area contributed by atoms with Gasteiger partial charge in [0.25, 0.3) is 0 Å². The van der Waals surface area contributed by atoms with E-state index in [1.54, 1.807) is 0 Å². The number of allylic oxidation sites excluding steroid dienone is 2. The van der Waals surface area contributed by atoms with Gasteiger partial charge in [0, 0.05) is 31.8 Å². The highest BCUT2D eigenvalue weighted by molar-refractivity contribution is 6.04. The second-order valence-electron chi connectivity index (χ2n) is 10.4. The highest BCUT2D eigenvalue weighted by Gasteiger charge is 2.35. The first-order valence-corrected chi connectivity index (χ1v) is 13.5. The molecule has 1 saturated heterocycles. The van der Waals surface area contributed by atoms with E-state index in [9.17, 15) is 0 Å². The molecule has 0 amide bonds. The van der Waals surface area contributed by atoms with Crippen molar-refractivity contribution in [1.29, 1.82) is 0 Å². The zero-order valence-electron chi connectivity index (χ0n) is 22.1. The number of alkyl halides is 1. The van der Waals surface area contributed by atoms with Crippen molar-refractivity contribution >= 4 is 5.71 Å². The number of hydrogen-bond acceptors (Lipinski definition) is 3. The summed E-state index contributed by atoms with van der Waals surface area (Å²) < 4.78 is 15.2. The molecular formula is C31H42FN3. The summed E-state index contributed by atoms with van der Waals surface area (Å²) in [6.45, 7) is 11.8. The predicted octanol–water partition coefficient (Wildman–Crippen LogP) is 7.44. The molecule has 0 atom stereocenters. The Hall–Kier alpha value is -2.30. The molecule has 0 aliphatic carbocycles. The van der Waals surface area contributed by atoms with Gasteiger partial charge in [-0.1, -0.05) is 67.9 Å². The van der Waals surface area contributed by atoms with Crippen LogP contribution in [0.5, 0.6) is 0 Å². The van der Waals surface area contributed by atoms with Gasteiger partial charge in [0.15, 0.2) is 5.79 Å². The number of aliphatic imine (C=N–C) groups is 1. The van der Waals surface area contributed by atoms with E-state index in [1.165, 1.54) is 39.2 Å². The van der Waals surface area contributed by atoms with Crippen molar-refractivity contribution in [2.75, 3.05) is 19.8 Å². The van der Waals surface area contributed by atoms with Gasteiger partial charge in [-0.25, -0.2) is 4.39 Å². The summed E-state index contributed by atoms with van der Waals surface area (Å²) in [5.41, 5.74) is 9.13. The van der Waals surface area contributed by atoms with Crippen LogP contribution in [0.15, 0.2) is 64.8 Å². The van der Waals surface area contributed by atoms with Crippen molar-refractivity contribution < 1.29 is 4.39 Å². The number of halogens is 1. The lowest BCUT2D eigenvalue weighted by Crippen LogP contribution is -2.53. The lowest BCUT2D eigenvalue weighted by Gasteiger charge is -2.43. The Balaban J connectivity index is 1.26. The van der Waals surface area contributed by atoms with Crippen LogP contribution in [0, 0.1) is 6.92 Å². The van der Waals surface area contributed by atoms with Crippen LogP contribution in [0.2, 0.25) is 0 Å². The minimum atomic E-state index is -1.17. The summed E-state index contributed by atoms with van der Waals surface area (Å²) in [6.07, 6.45) is 6.34. The van der Waals surface area contributed by atoms with Gasteiger partial charge >= 0.3 is 0 Å². The summed E-state index contributed by atoms with van der Waals surface area (Å²) >= 11 is 0. The van der Waals surface area contributed by atoms with E-state index in [0.717, 1.165) is 58.4 Å². The minimum absolute atomic E-state index is 0.557. The van der Waals surface area contributed by atoms with E-state index >= 15 is 4.39 Å². The fourth-order valence-corrected chi connectivity index (χ4v) is 5.38. The van der Waals surface area contributed by atoms with Gasteiger partial charge in [-0.05, 0) is 74.6 Å². The van der Waals surface area contributed by atoms with Crippen molar-refractivity contribution in [2.45, 2.75) is 85.0 Å². The first kappa shape index (κ1) is 25.8. The molecule has 1 fully saturated rings. The van der Waals surface area contributed by atoms with Crippen molar-refractivity contribution in [2.24, 2.45) is 4.99 Å². The van der Waals surface area contributed by atoms with Gasteiger partial charge in [-0.2, -0.15) is 0 Å². The van der Waals surface area contributed by atoms with Gasteiger partial charge in [0.2, 0.25) is 0 Å². The average Bonchev–Trinajstić information content (AvgIpc) is 3.25. The lowest BCUT2D eigenvalue weighted by atomic mass is 10.0. The SMILES string of the molecule is CCC(F)(CC)N1CCCN(Cc2ccc(CCCC3=C(C)CC(c4ccc(C)cc4)=N3)cc2)C1. The maximum atomic E-state index is 15.2. The standard InChI is InChI=1S/C31H42FN3/c1-5-31(32,6-2)35-20-8-19-34(23-35)22-27-15-13-26(14-16-27)9-7-10-29-25(4)21-30(33-29)28-17-11-24(3)12-18-28/h11-18H,5-10,19-23H2,1-4H3. The molecule has 4 rings (SSSR count). The van der Waals surface area contributed by atoms with E-state index in [0.29, 0.717) is 12.8 Å². The van der Waals surface area contributed by atoms with Crippen LogP contribution in [0.4, 0.5) is 4.39 Å². The number of benzene rings is 2. The highest BCUT2D eigenvalue weighted by atomic mass is 19.1. The van der Waals surface area contributed by atoms with E-state index in [4.69, 9.17) is 4.99 Å². The molecule has 0 radical (unpaired) electrons. The van der Waals surface area contributed by atoms with Gasteiger partial charge in [0.1, 0.15) is 0 Å². The Labute approximate surface area is 211 Å². The number of aryl methyl sites for hydroxylation is 2. The third-order valence-corrected chi connectivity index (χ3v) is 7.81. The van der Waals surface area contributed by atoms with Gasteiger partial charge in [-0.3, -0.25) is 14.8 Å². The van der Waals surface area contributed by atoms with Gasteiger partial charge in [0.05, 0.1) is 12.4 Å². The molecule has 3 nitrogen and oxygen atoms in total. The number of hydrogen-bond donors (Lipinski definition) is 0. The van der Waals surface area contributed by atoms with E-state index < -0.39 is 5.79 Å². The zero-order chi connectivity index (χ0) is 24.8. The maximum absolute atomic E-state index is 15.2. The molecule has 2 aromatic rings. The predicted molar refractivity (Wildman–Crippen MR) is 145 cm³/mol. The van der Waals surface area contributed by atoms with Crippen LogP contribution in [0.25, 0.3) is 0 Å². The fourth-order valence-electron chi connectivity index (χ4n) is 5.38. The van der Waals surface area contributed by atoms with E-state index in [2.05, 4.69) is 67.3 Å². The second kappa shape index (κ2) is 11.6. The first-order chi connectivity index (χ1) is 16.9. The number of rotatable bonds is 10. The monoisotopic (exact) mass is 475 g/mol. The molecule has 188 valence electrons. The van der Waals surface area contributed by atoms with Crippen LogP contribution in [0.3, 0.4) is 0 Å². The Morgan fingerprint density at radius 2 is 1.57 bits per heavy atom. The lowest BCUT2D eigenvalue weighted by molar-refractivity contribution is -0.0907. The Bertz CT molecular complexity index is 1030. The topological polar surface area (TPSA) is 18.8 Å². The van der Waals surface area contributed by atoms with E-state index in [-0.39, 0.29) is 0 Å². The van der Waals surface area contributed by atoms with E-state index in [1.807, 2.05) is 18.7 Å². The van der Waals surface area contributed by atoms with Crippen LogP contribution >= 0.6 is 0 Å². The largest absolute Gasteiger partial charge is 0.286 e. The summed E-state index contributed by atoms with van der Waals surface area (Å²) in [5, 5.41) is 0.